The molecule has 1 heterocycles. The standard InChI is InChI=1S/C21H29N3O2.ClH/c22-20-16-7-6-15(13-16)19(20)21(26)23-17-8-3-14(4-9-17)5-10-18(25)24-11-1-2-12-24;/h3-4,8-9,15-16,19-20H,1-2,5-7,10-13,22H2,(H,23,26);1H. The van der Waals surface area contributed by atoms with Crippen molar-refractivity contribution in [2.45, 2.75) is 51.0 Å². The van der Waals surface area contributed by atoms with Crippen molar-refractivity contribution in [3.8, 4) is 0 Å². The molecule has 6 heteroatoms. The zero-order valence-electron chi connectivity index (χ0n) is 15.7. The fourth-order valence-electron chi connectivity index (χ4n) is 5.08. The van der Waals surface area contributed by atoms with E-state index in [2.05, 4.69) is 5.32 Å². The average molecular weight is 392 g/mol. The number of hydrogen-bond acceptors (Lipinski definition) is 3. The van der Waals surface area contributed by atoms with Crippen LogP contribution in [0.3, 0.4) is 0 Å². The maximum absolute atomic E-state index is 12.6. The lowest BCUT2D eigenvalue weighted by Crippen LogP contribution is -2.42. The fraction of sp³-hybridized carbons (Fsp3) is 0.619. The highest BCUT2D eigenvalue weighted by Gasteiger charge is 2.49. The molecule has 0 aromatic heterocycles. The Labute approximate surface area is 167 Å². The number of rotatable bonds is 5. The molecule has 3 aliphatic rings. The number of nitrogens with one attached hydrogen (secondary N) is 1. The molecular weight excluding hydrogens is 362 g/mol. The molecule has 4 unspecified atom stereocenters. The molecule has 2 saturated carbocycles. The molecule has 1 aromatic rings. The third-order valence-electron chi connectivity index (χ3n) is 6.59. The molecule has 0 spiro atoms. The van der Waals surface area contributed by atoms with Gasteiger partial charge in [-0.25, -0.2) is 0 Å². The summed E-state index contributed by atoms with van der Waals surface area (Å²) in [6.07, 6.45) is 7.01. The third-order valence-corrected chi connectivity index (χ3v) is 6.59. The van der Waals surface area contributed by atoms with Gasteiger partial charge in [0.15, 0.2) is 0 Å². The van der Waals surface area contributed by atoms with E-state index in [1.165, 1.54) is 6.42 Å². The molecular formula is C21H30ClN3O2. The summed E-state index contributed by atoms with van der Waals surface area (Å²) in [4.78, 5) is 26.7. The van der Waals surface area contributed by atoms with E-state index in [4.69, 9.17) is 5.73 Å². The Kier molecular flexibility index (Phi) is 6.43. The maximum Gasteiger partial charge on any atom is 0.229 e. The van der Waals surface area contributed by atoms with Crippen LogP contribution >= 0.6 is 12.4 Å². The predicted molar refractivity (Wildman–Crippen MR) is 109 cm³/mol. The topological polar surface area (TPSA) is 75.4 Å². The second-order valence-corrected chi connectivity index (χ2v) is 8.21. The molecule has 3 N–H and O–H groups in total. The highest BCUT2D eigenvalue weighted by atomic mass is 35.5. The van der Waals surface area contributed by atoms with E-state index in [1.54, 1.807) is 0 Å². The monoisotopic (exact) mass is 391 g/mol. The van der Waals surface area contributed by atoms with Gasteiger partial charge in [-0.15, -0.1) is 12.4 Å². The van der Waals surface area contributed by atoms with Crippen LogP contribution in [0.1, 0.15) is 44.1 Å². The summed E-state index contributed by atoms with van der Waals surface area (Å²) in [6, 6.07) is 7.91. The number of hydrogen-bond donors (Lipinski definition) is 2. The van der Waals surface area contributed by atoms with Gasteiger partial charge in [0.1, 0.15) is 0 Å². The number of carbonyl (C=O) groups is 2. The molecule has 4 rings (SSSR count). The number of likely N-dealkylation sites (tertiary alicyclic amines) is 1. The first kappa shape index (κ1) is 20.2. The SMILES string of the molecule is Cl.NC1C2CCC(C2)C1C(=O)Nc1ccc(CCC(=O)N2CCCC2)cc1. The number of halogens is 1. The molecule has 1 saturated heterocycles. The van der Waals surface area contributed by atoms with Crippen molar-refractivity contribution >= 4 is 29.9 Å². The first-order valence-corrected chi connectivity index (χ1v) is 10.0. The highest BCUT2D eigenvalue weighted by molar-refractivity contribution is 5.93. The normalized spacial score (nSPS) is 28.9. The Balaban J connectivity index is 0.00000210. The van der Waals surface area contributed by atoms with Crippen LogP contribution in [0.5, 0.6) is 0 Å². The summed E-state index contributed by atoms with van der Waals surface area (Å²) >= 11 is 0. The molecule has 4 atom stereocenters. The van der Waals surface area contributed by atoms with Gasteiger partial charge in [-0.3, -0.25) is 9.59 Å². The van der Waals surface area contributed by atoms with Gasteiger partial charge in [-0.1, -0.05) is 12.1 Å². The van der Waals surface area contributed by atoms with E-state index < -0.39 is 0 Å². The molecule has 2 bridgehead atoms. The number of amides is 2. The number of nitrogens with two attached hydrogens (primary N) is 1. The summed E-state index contributed by atoms with van der Waals surface area (Å²) in [6.45, 7) is 1.82. The summed E-state index contributed by atoms with van der Waals surface area (Å²) in [5.41, 5.74) is 8.22. The maximum atomic E-state index is 12.6. The average Bonchev–Trinajstić information content (AvgIpc) is 3.38. The van der Waals surface area contributed by atoms with Gasteiger partial charge in [0.25, 0.3) is 0 Å². The number of benzene rings is 1. The van der Waals surface area contributed by atoms with Crippen LogP contribution in [-0.2, 0) is 16.0 Å². The smallest absolute Gasteiger partial charge is 0.229 e. The first-order valence-electron chi connectivity index (χ1n) is 10.0. The zero-order valence-corrected chi connectivity index (χ0v) is 16.5. The van der Waals surface area contributed by atoms with Crippen LogP contribution in [-0.4, -0.2) is 35.8 Å². The van der Waals surface area contributed by atoms with Crippen LogP contribution in [0, 0.1) is 17.8 Å². The van der Waals surface area contributed by atoms with Crippen molar-refractivity contribution < 1.29 is 9.59 Å². The molecule has 2 amide bonds. The lowest BCUT2D eigenvalue weighted by atomic mass is 9.84. The van der Waals surface area contributed by atoms with Gasteiger partial charge >= 0.3 is 0 Å². The van der Waals surface area contributed by atoms with Crippen molar-refractivity contribution in [3.05, 3.63) is 29.8 Å². The molecule has 3 fully saturated rings. The minimum atomic E-state index is -0.0356. The van der Waals surface area contributed by atoms with Gasteiger partial charge in [0.05, 0.1) is 5.92 Å². The van der Waals surface area contributed by atoms with Crippen molar-refractivity contribution in [1.82, 2.24) is 4.90 Å². The first-order chi connectivity index (χ1) is 12.6. The lowest BCUT2D eigenvalue weighted by Gasteiger charge is -2.27. The molecule has 2 aliphatic carbocycles. The number of fused-ring (bicyclic) bond motifs is 2. The Morgan fingerprint density at radius 2 is 1.74 bits per heavy atom. The van der Waals surface area contributed by atoms with Crippen molar-refractivity contribution in [2.75, 3.05) is 18.4 Å². The van der Waals surface area contributed by atoms with E-state index in [0.717, 1.165) is 56.4 Å². The van der Waals surface area contributed by atoms with Crippen LogP contribution < -0.4 is 11.1 Å². The summed E-state index contributed by atoms with van der Waals surface area (Å²) in [7, 11) is 0. The largest absolute Gasteiger partial charge is 0.343 e. The lowest BCUT2D eigenvalue weighted by molar-refractivity contribution is -0.130. The summed E-state index contributed by atoms with van der Waals surface area (Å²) in [5.74, 6) is 1.29. The molecule has 148 valence electrons. The molecule has 0 radical (unpaired) electrons. The number of nitrogens with zero attached hydrogens (tertiary/aromatic N) is 1. The number of aryl methyl sites for hydroxylation is 1. The molecule has 27 heavy (non-hydrogen) atoms. The van der Waals surface area contributed by atoms with Crippen LogP contribution in [0.25, 0.3) is 0 Å². The third kappa shape index (κ3) is 4.30. The predicted octanol–water partition coefficient (Wildman–Crippen LogP) is 2.98. The van der Waals surface area contributed by atoms with Gasteiger partial charge in [0.2, 0.25) is 11.8 Å². The van der Waals surface area contributed by atoms with Crippen molar-refractivity contribution in [1.29, 1.82) is 0 Å². The highest BCUT2D eigenvalue weighted by Crippen LogP contribution is 2.47. The van der Waals surface area contributed by atoms with Crippen LogP contribution in [0.2, 0.25) is 0 Å². The molecule has 5 nitrogen and oxygen atoms in total. The minimum Gasteiger partial charge on any atom is -0.343 e. The van der Waals surface area contributed by atoms with Crippen molar-refractivity contribution in [2.24, 2.45) is 23.5 Å². The second kappa shape index (κ2) is 8.61. The van der Waals surface area contributed by atoms with Crippen molar-refractivity contribution in [3.63, 3.8) is 0 Å². The van der Waals surface area contributed by atoms with E-state index >= 15 is 0 Å². The van der Waals surface area contributed by atoms with E-state index in [-0.39, 0.29) is 36.2 Å². The Morgan fingerprint density at radius 1 is 1.07 bits per heavy atom. The van der Waals surface area contributed by atoms with Crippen LogP contribution in [0.15, 0.2) is 24.3 Å². The van der Waals surface area contributed by atoms with E-state index in [1.807, 2.05) is 29.2 Å². The van der Waals surface area contributed by atoms with E-state index in [0.29, 0.717) is 18.3 Å². The number of anilines is 1. The van der Waals surface area contributed by atoms with Gasteiger partial charge < -0.3 is 16.0 Å². The summed E-state index contributed by atoms with van der Waals surface area (Å²) < 4.78 is 0. The van der Waals surface area contributed by atoms with Gasteiger partial charge in [0, 0.05) is 31.2 Å². The Morgan fingerprint density at radius 3 is 2.37 bits per heavy atom. The van der Waals surface area contributed by atoms with Crippen LogP contribution in [0.4, 0.5) is 5.69 Å². The quantitative estimate of drug-likeness (QED) is 0.810. The van der Waals surface area contributed by atoms with E-state index in [9.17, 15) is 9.59 Å². The van der Waals surface area contributed by atoms with Gasteiger partial charge in [-0.2, -0.15) is 0 Å². The summed E-state index contributed by atoms with van der Waals surface area (Å²) in [5, 5.41) is 3.04. The number of carbonyl (C=O) groups excluding carboxylic acids is 2. The zero-order chi connectivity index (χ0) is 18.1. The Hall–Kier alpha value is -1.59. The van der Waals surface area contributed by atoms with Gasteiger partial charge in [-0.05, 0) is 68.1 Å². The Bertz CT molecular complexity index is 671. The second-order valence-electron chi connectivity index (χ2n) is 8.21. The fourth-order valence-corrected chi connectivity index (χ4v) is 5.08. The minimum absolute atomic E-state index is 0. The molecule has 1 aliphatic heterocycles. The molecule has 1 aromatic carbocycles.